The van der Waals surface area contributed by atoms with Crippen molar-refractivity contribution in [1.82, 2.24) is 5.32 Å². The first-order chi connectivity index (χ1) is 9.47. The van der Waals surface area contributed by atoms with Crippen LogP contribution >= 0.6 is 0 Å². The second-order valence-corrected chi connectivity index (χ2v) is 4.84. The Hall–Kier alpha value is -1.43. The van der Waals surface area contributed by atoms with Crippen LogP contribution in [0.4, 0.5) is 13.2 Å². The zero-order valence-electron chi connectivity index (χ0n) is 11.5. The number of ether oxygens (including phenoxy) is 2. The van der Waals surface area contributed by atoms with E-state index in [4.69, 9.17) is 9.47 Å². The van der Waals surface area contributed by atoms with Gasteiger partial charge in [-0.2, -0.15) is 13.2 Å². The van der Waals surface area contributed by atoms with Crippen LogP contribution in [0.1, 0.15) is 29.9 Å². The molecule has 1 aromatic rings. The second-order valence-electron chi connectivity index (χ2n) is 4.84. The first-order valence-corrected chi connectivity index (χ1v) is 6.51. The Morgan fingerprint density at radius 2 is 1.85 bits per heavy atom. The number of rotatable bonds is 3. The van der Waals surface area contributed by atoms with Crippen LogP contribution in [-0.2, 0) is 6.18 Å². The van der Waals surface area contributed by atoms with E-state index < -0.39 is 11.7 Å². The largest absolute Gasteiger partial charge is 0.496 e. The maximum Gasteiger partial charge on any atom is 0.420 e. The monoisotopic (exact) mass is 289 g/mol. The molecule has 1 aliphatic rings. The van der Waals surface area contributed by atoms with Gasteiger partial charge >= 0.3 is 6.18 Å². The number of hydrogen-bond acceptors (Lipinski definition) is 3. The number of piperidine rings is 1. The van der Waals surface area contributed by atoms with Crippen LogP contribution in [0, 0.1) is 0 Å². The van der Waals surface area contributed by atoms with Crippen LogP contribution in [0.15, 0.2) is 12.1 Å². The van der Waals surface area contributed by atoms with Crippen molar-refractivity contribution in [2.45, 2.75) is 24.9 Å². The third-order valence-electron chi connectivity index (χ3n) is 3.59. The fraction of sp³-hybridized carbons (Fsp3) is 0.571. The highest BCUT2D eigenvalue weighted by molar-refractivity contribution is 5.49. The minimum absolute atomic E-state index is 0.148. The zero-order valence-corrected chi connectivity index (χ0v) is 11.5. The molecule has 0 unspecified atom stereocenters. The Morgan fingerprint density at radius 1 is 1.15 bits per heavy atom. The molecule has 1 atom stereocenters. The third kappa shape index (κ3) is 3.00. The zero-order chi connectivity index (χ0) is 14.8. The van der Waals surface area contributed by atoms with Crippen LogP contribution in [0.2, 0.25) is 0 Å². The molecule has 0 aliphatic carbocycles. The van der Waals surface area contributed by atoms with E-state index in [1.54, 1.807) is 0 Å². The maximum atomic E-state index is 13.0. The summed E-state index contributed by atoms with van der Waals surface area (Å²) in [6.07, 6.45) is -2.53. The highest BCUT2D eigenvalue weighted by Gasteiger charge is 2.36. The van der Waals surface area contributed by atoms with E-state index in [9.17, 15) is 13.2 Å². The summed E-state index contributed by atoms with van der Waals surface area (Å²) in [6.45, 7) is 1.68. The van der Waals surface area contributed by atoms with Crippen LogP contribution < -0.4 is 14.8 Å². The third-order valence-corrected chi connectivity index (χ3v) is 3.59. The second kappa shape index (κ2) is 5.91. The SMILES string of the molecule is COc1cc(C(F)(F)F)c(OC)cc1[C@H]1CCCNC1. The summed E-state index contributed by atoms with van der Waals surface area (Å²) >= 11 is 0. The van der Waals surface area contributed by atoms with Crippen molar-refractivity contribution in [1.29, 1.82) is 0 Å². The fourth-order valence-corrected chi connectivity index (χ4v) is 2.58. The van der Waals surface area contributed by atoms with Gasteiger partial charge in [-0.3, -0.25) is 0 Å². The van der Waals surface area contributed by atoms with Crippen molar-refractivity contribution in [2.24, 2.45) is 0 Å². The lowest BCUT2D eigenvalue weighted by atomic mass is 9.90. The van der Waals surface area contributed by atoms with Crippen molar-refractivity contribution in [3.05, 3.63) is 23.3 Å². The van der Waals surface area contributed by atoms with E-state index in [1.807, 2.05) is 0 Å². The number of halogens is 3. The highest BCUT2D eigenvalue weighted by Crippen LogP contribution is 2.42. The van der Waals surface area contributed by atoms with E-state index in [2.05, 4.69) is 5.32 Å². The predicted octanol–water partition coefficient (Wildman–Crippen LogP) is 3.19. The summed E-state index contributed by atoms with van der Waals surface area (Å²) < 4.78 is 49.0. The Balaban J connectivity index is 2.46. The molecule has 1 saturated heterocycles. The molecular formula is C14H18F3NO2. The minimum atomic E-state index is -4.46. The predicted molar refractivity (Wildman–Crippen MR) is 69.4 cm³/mol. The summed E-state index contributed by atoms with van der Waals surface area (Å²) in [4.78, 5) is 0. The molecule has 112 valence electrons. The molecular weight excluding hydrogens is 271 g/mol. The molecule has 0 amide bonds. The van der Waals surface area contributed by atoms with Gasteiger partial charge in [-0.15, -0.1) is 0 Å². The van der Waals surface area contributed by atoms with E-state index in [0.717, 1.165) is 37.6 Å². The molecule has 1 aliphatic heterocycles. The lowest BCUT2D eigenvalue weighted by molar-refractivity contribution is -0.138. The van der Waals surface area contributed by atoms with Crippen molar-refractivity contribution in [3.8, 4) is 11.5 Å². The molecule has 0 saturated carbocycles. The first kappa shape index (κ1) is 15.0. The van der Waals surface area contributed by atoms with Crippen molar-refractivity contribution in [2.75, 3.05) is 27.3 Å². The van der Waals surface area contributed by atoms with Crippen molar-refractivity contribution >= 4 is 0 Å². The summed E-state index contributed by atoms with van der Waals surface area (Å²) in [6, 6.07) is 2.49. The lowest BCUT2D eigenvalue weighted by Crippen LogP contribution is -2.28. The van der Waals surface area contributed by atoms with Gasteiger partial charge in [-0.25, -0.2) is 0 Å². The lowest BCUT2D eigenvalue weighted by Gasteiger charge is -2.26. The van der Waals surface area contributed by atoms with Crippen molar-refractivity contribution < 1.29 is 22.6 Å². The highest BCUT2D eigenvalue weighted by atomic mass is 19.4. The van der Waals surface area contributed by atoms with Gasteiger partial charge in [0.05, 0.1) is 14.2 Å². The number of methoxy groups -OCH3 is 2. The summed E-state index contributed by atoms with van der Waals surface area (Å²) in [5.41, 5.74) is -0.0334. The molecule has 1 N–H and O–H groups in total. The van der Waals surface area contributed by atoms with Gasteiger partial charge in [-0.1, -0.05) is 0 Å². The van der Waals surface area contributed by atoms with Crippen LogP contribution in [0.5, 0.6) is 11.5 Å². The molecule has 1 aromatic carbocycles. The van der Waals surface area contributed by atoms with Crippen LogP contribution in [-0.4, -0.2) is 27.3 Å². The average Bonchev–Trinajstić information content (AvgIpc) is 2.45. The van der Waals surface area contributed by atoms with Gasteiger partial charge in [0.25, 0.3) is 0 Å². The smallest absolute Gasteiger partial charge is 0.420 e. The van der Waals surface area contributed by atoms with Crippen LogP contribution in [0.25, 0.3) is 0 Å². The average molecular weight is 289 g/mol. The van der Waals surface area contributed by atoms with Gasteiger partial charge < -0.3 is 14.8 Å². The van der Waals surface area contributed by atoms with Gasteiger partial charge in [0.2, 0.25) is 0 Å². The molecule has 1 heterocycles. The van der Waals surface area contributed by atoms with Gasteiger partial charge in [0.1, 0.15) is 17.1 Å². The number of hydrogen-bond donors (Lipinski definition) is 1. The molecule has 0 spiro atoms. The number of alkyl halides is 3. The standard InChI is InChI=1S/C14H18F3NO2/c1-19-12-7-11(14(15,16)17)13(20-2)6-10(12)9-4-3-5-18-8-9/h6-7,9,18H,3-5,8H2,1-2H3/t9-/m0/s1. The number of nitrogens with one attached hydrogen (secondary N) is 1. The van der Waals surface area contributed by atoms with Gasteiger partial charge in [0.15, 0.2) is 0 Å². The topological polar surface area (TPSA) is 30.5 Å². The Morgan fingerprint density at radius 3 is 2.35 bits per heavy atom. The van der Waals surface area contributed by atoms with Gasteiger partial charge in [0, 0.05) is 18.0 Å². The summed E-state index contributed by atoms with van der Waals surface area (Å²) in [5, 5.41) is 3.25. The number of benzene rings is 1. The molecule has 1 fully saturated rings. The first-order valence-electron chi connectivity index (χ1n) is 6.51. The van der Waals surface area contributed by atoms with Crippen LogP contribution in [0.3, 0.4) is 0 Å². The van der Waals surface area contributed by atoms with Crippen molar-refractivity contribution in [3.63, 3.8) is 0 Å². The Kier molecular flexibility index (Phi) is 4.42. The quantitative estimate of drug-likeness (QED) is 0.927. The molecule has 0 bridgehead atoms. The molecule has 3 nitrogen and oxygen atoms in total. The summed E-state index contributed by atoms with van der Waals surface area (Å²) in [7, 11) is 2.64. The molecule has 2 rings (SSSR count). The summed E-state index contributed by atoms with van der Waals surface area (Å²) in [5.74, 6) is 0.264. The molecule has 0 aromatic heterocycles. The van der Waals surface area contributed by atoms with E-state index >= 15 is 0 Å². The fourth-order valence-electron chi connectivity index (χ4n) is 2.58. The maximum absolute atomic E-state index is 13.0. The molecule has 20 heavy (non-hydrogen) atoms. The molecule has 0 radical (unpaired) electrons. The molecule has 6 heteroatoms. The van der Waals surface area contributed by atoms with E-state index in [0.29, 0.717) is 0 Å². The Bertz CT molecular complexity index is 468. The van der Waals surface area contributed by atoms with E-state index in [1.165, 1.54) is 20.3 Å². The van der Waals surface area contributed by atoms with Gasteiger partial charge in [-0.05, 0) is 31.5 Å². The Labute approximate surface area is 116 Å². The van der Waals surface area contributed by atoms with E-state index in [-0.39, 0.29) is 17.4 Å². The minimum Gasteiger partial charge on any atom is -0.496 e. The normalized spacial score (nSPS) is 19.8.